The summed E-state index contributed by atoms with van der Waals surface area (Å²) in [7, 11) is 0. The maximum absolute atomic E-state index is 12.2. The van der Waals surface area contributed by atoms with Crippen LogP contribution in [0.3, 0.4) is 0 Å². The number of rotatable bonds is 10. The van der Waals surface area contributed by atoms with Crippen LogP contribution < -0.4 is 16.4 Å². The molecule has 7 heteroatoms. The lowest BCUT2D eigenvalue weighted by molar-refractivity contribution is -0.115. The van der Waals surface area contributed by atoms with Crippen molar-refractivity contribution in [2.75, 3.05) is 24.1 Å². The number of aliphatic hydroxyl groups is 1. The molecule has 0 aliphatic rings. The van der Waals surface area contributed by atoms with E-state index >= 15 is 0 Å². The molecule has 0 saturated heterocycles. The first-order chi connectivity index (χ1) is 14.5. The van der Waals surface area contributed by atoms with Gasteiger partial charge in [-0.25, -0.2) is 4.98 Å². The number of aryl methyl sites for hydroxylation is 2. The fraction of sp³-hybridized carbons (Fsp3) is 0.304. The monoisotopic (exact) mass is 424 g/mol. The summed E-state index contributed by atoms with van der Waals surface area (Å²) in [6.45, 7) is 3.29. The van der Waals surface area contributed by atoms with E-state index in [9.17, 15) is 9.90 Å². The minimum atomic E-state index is -0.487. The fourth-order valence-corrected chi connectivity index (χ4v) is 3.88. The molecule has 6 nitrogen and oxygen atoms in total. The number of nitrogen functional groups attached to an aromatic ring is 1. The molecule has 3 rings (SSSR count). The third-order valence-corrected chi connectivity index (χ3v) is 5.66. The number of aromatic nitrogens is 1. The normalized spacial score (nSPS) is 11.9. The third kappa shape index (κ3) is 6.66. The van der Waals surface area contributed by atoms with Gasteiger partial charge in [-0.1, -0.05) is 42.5 Å². The topological polar surface area (TPSA) is 100 Å². The molecule has 1 aromatic heterocycles. The van der Waals surface area contributed by atoms with Gasteiger partial charge in [0, 0.05) is 17.1 Å². The molecule has 0 unspecified atom stereocenters. The van der Waals surface area contributed by atoms with E-state index in [0.29, 0.717) is 11.7 Å². The molecule has 1 atom stereocenters. The van der Waals surface area contributed by atoms with Crippen molar-refractivity contribution < 1.29 is 9.90 Å². The summed E-state index contributed by atoms with van der Waals surface area (Å²) in [6.07, 6.45) is 1.64. The summed E-state index contributed by atoms with van der Waals surface area (Å²) in [5, 5.41) is 16.8. The molecule has 0 aliphatic heterocycles. The second kappa shape index (κ2) is 10.9. The molecule has 0 aliphatic carbocycles. The van der Waals surface area contributed by atoms with Crippen LogP contribution in [0.1, 0.15) is 34.2 Å². The molecule has 1 heterocycles. The molecule has 5 N–H and O–H groups in total. The Hall–Kier alpha value is -2.74. The number of carbonyl (C=O) groups is 1. The number of benzene rings is 2. The lowest BCUT2D eigenvalue weighted by atomic mass is 10.1. The first-order valence-corrected chi connectivity index (χ1v) is 10.9. The highest BCUT2D eigenvalue weighted by atomic mass is 32.1. The molecule has 30 heavy (non-hydrogen) atoms. The van der Waals surface area contributed by atoms with Crippen LogP contribution in [-0.2, 0) is 17.6 Å². The van der Waals surface area contributed by atoms with Gasteiger partial charge < -0.3 is 21.5 Å². The predicted molar refractivity (Wildman–Crippen MR) is 123 cm³/mol. The van der Waals surface area contributed by atoms with Crippen LogP contribution in [0.2, 0.25) is 0 Å². The smallest absolute Gasteiger partial charge is 0.230 e. The zero-order valence-corrected chi connectivity index (χ0v) is 17.9. The van der Waals surface area contributed by atoms with Gasteiger partial charge in [0.05, 0.1) is 18.2 Å². The van der Waals surface area contributed by atoms with Crippen molar-refractivity contribution in [2.45, 2.75) is 32.3 Å². The molecule has 0 fully saturated rings. The Balaban J connectivity index is 1.36. The average Bonchev–Trinajstić information content (AvgIpc) is 3.06. The number of carbonyl (C=O) groups excluding carboxylic acids is 1. The number of nitrogens with zero attached hydrogens (tertiary/aromatic N) is 1. The summed E-state index contributed by atoms with van der Waals surface area (Å²) in [5.74, 6) is -0.0997. The highest BCUT2D eigenvalue weighted by Crippen LogP contribution is 2.20. The number of nitrogens with two attached hydrogens (primary N) is 1. The molecule has 0 bridgehead atoms. The van der Waals surface area contributed by atoms with Crippen molar-refractivity contribution in [3.63, 3.8) is 0 Å². The minimum Gasteiger partial charge on any atom is -0.387 e. The first kappa shape index (κ1) is 22.0. The quantitative estimate of drug-likeness (QED) is 0.374. The highest BCUT2D eigenvalue weighted by Gasteiger charge is 2.11. The number of hydrogen-bond donors (Lipinski definition) is 4. The lowest BCUT2D eigenvalue weighted by Crippen LogP contribution is -2.22. The maximum Gasteiger partial charge on any atom is 0.230 e. The molecule has 1 amide bonds. The molecule has 3 aromatic rings. The molecule has 158 valence electrons. The number of amides is 1. The van der Waals surface area contributed by atoms with Crippen molar-refractivity contribution in [3.8, 4) is 0 Å². The van der Waals surface area contributed by atoms with E-state index in [1.165, 1.54) is 16.9 Å². The highest BCUT2D eigenvalue weighted by molar-refractivity contribution is 7.15. The SMILES string of the molecule is Cc1sc(N)nc1CC(=O)Nc1ccc(CCCNC[C@H](O)c2ccccc2)cc1. The second-order valence-corrected chi connectivity index (χ2v) is 8.45. The van der Waals surface area contributed by atoms with Crippen LogP contribution in [-0.4, -0.2) is 29.1 Å². The van der Waals surface area contributed by atoms with E-state index in [2.05, 4.69) is 15.6 Å². The van der Waals surface area contributed by atoms with E-state index in [-0.39, 0.29) is 12.3 Å². The van der Waals surface area contributed by atoms with Gasteiger partial charge in [0.25, 0.3) is 0 Å². The van der Waals surface area contributed by atoms with E-state index in [4.69, 9.17) is 5.73 Å². The first-order valence-electron chi connectivity index (χ1n) is 10.1. The van der Waals surface area contributed by atoms with Crippen molar-refractivity contribution >= 4 is 28.1 Å². The Kier molecular flexibility index (Phi) is 7.96. The maximum atomic E-state index is 12.2. The Morgan fingerprint density at radius 3 is 2.57 bits per heavy atom. The molecule has 0 saturated carbocycles. The molecule has 2 aromatic carbocycles. The fourth-order valence-electron chi connectivity index (χ4n) is 3.18. The summed E-state index contributed by atoms with van der Waals surface area (Å²) in [4.78, 5) is 17.4. The summed E-state index contributed by atoms with van der Waals surface area (Å²) < 4.78 is 0. The van der Waals surface area contributed by atoms with Crippen LogP contribution in [0.5, 0.6) is 0 Å². The molecular weight excluding hydrogens is 396 g/mol. The van der Waals surface area contributed by atoms with E-state index in [1.54, 1.807) is 0 Å². The van der Waals surface area contributed by atoms with Gasteiger partial charge in [-0.15, -0.1) is 11.3 Å². The summed E-state index contributed by atoms with van der Waals surface area (Å²) in [6, 6.07) is 17.6. The van der Waals surface area contributed by atoms with Gasteiger partial charge in [0.15, 0.2) is 5.13 Å². The van der Waals surface area contributed by atoms with Gasteiger partial charge in [0.2, 0.25) is 5.91 Å². The van der Waals surface area contributed by atoms with Crippen LogP contribution >= 0.6 is 11.3 Å². The van der Waals surface area contributed by atoms with Crippen LogP contribution in [0.25, 0.3) is 0 Å². The van der Waals surface area contributed by atoms with Crippen molar-refractivity contribution in [1.82, 2.24) is 10.3 Å². The predicted octanol–water partition coefficient (Wildman–Crippen LogP) is 3.47. The number of hydrogen-bond acceptors (Lipinski definition) is 6. The number of anilines is 2. The van der Waals surface area contributed by atoms with Crippen molar-refractivity contribution in [2.24, 2.45) is 0 Å². The lowest BCUT2D eigenvalue weighted by Gasteiger charge is -2.12. The van der Waals surface area contributed by atoms with Gasteiger partial charge in [0.1, 0.15) is 0 Å². The largest absolute Gasteiger partial charge is 0.387 e. The Labute approximate surface area is 181 Å². The van der Waals surface area contributed by atoms with Crippen LogP contribution in [0.15, 0.2) is 54.6 Å². The van der Waals surface area contributed by atoms with Gasteiger partial charge in [-0.2, -0.15) is 0 Å². The van der Waals surface area contributed by atoms with Crippen LogP contribution in [0.4, 0.5) is 10.8 Å². The zero-order valence-electron chi connectivity index (χ0n) is 17.1. The third-order valence-electron chi connectivity index (χ3n) is 4.82. The summed E-state index contributed by atoms with van der Waals surface area (Å²) in [5.41, 5.74) is 9.32. The van der Waals surface area contributed by atoms with Crippen molar-refractivity contribution in [1.29, 1.82) is 0 Å². The van der Waals surface area contributed by atoms with Gasteiger partial charge >= 0.3 is 0 Å². The Morgan fingerprint density at radius 1 is 1.17 bits per heavy atom. The summed E-state index contributed by atoms with van der Waals surface area (Å²) >= 11 is 1.40. The van der Waals surface area contributed by atoms with E-state index < -0.39 is 6.10 Å². The van der Waals surface area contributed by atoms with Crippen molar-refractivity contribution in [3.05, 3.63) is 76.3 Å². The van der Waals surface area contributed by atoms with E-state index in [0.717, 1.165) is 41.2 Å². The van der Waals surface area contributed by atoms with E-state index in [1.807, 2.05) is 61.5 Å². The second-order valence-electron chi connectivity index (χ2n) is 7.21. The number of nitrogens with one attached hydrogen (secondary N) is 2. The molecule has 0 spiro atoms. The van der Waals surface area contributed by atoms with Gasteiger partial charge in [-0.3, -0.25) is 4.79 Å². The number of thiazole rings is 1. The average molecular weight is 425 g/mol. The standard InChI is InChI=1S/C23H28N4O2S/c1-16-20(27-23(24)30-16)14-22(29)26-19-11-9-17(10-12-19)6-5-13-25-15-21(28)18-7-3-2-4-8-18/h2-4,7-12,21,25,28H,5-6,13-15H2,1H3,(H2,24,27)(H,26,29)/t21-/m0/s1. The zero-order chi connectivity index (χ0) is 21.3. The Morgan fingerprint density at radius 2 is 1.90 bits per heavy atom. The minimum absolute atomic E-state index is 0.0997. The molecular formula is C23H28N4O2S. The number of aliphatic hydroxyl groups excluding tert-OH is 1. The van der Waals surface area contributed by atoms with Crippen LogP contribution in [0, 0.1) is 6.92 Å². The Bertz CT molecular complexity index is 942. The molecule has 0 radical (unpaired) electrons. The van der Waals surface area contributed by atoms with Gasteiger partial charge in [-0.05, 0) is 49.6 Å².